The molecule has 0 atom stereocenters. The normalized spacial score (nSPS) is 11.9. The average Bonchev–Trinajstić information content (AvgIpc) is 4.18. The first kappa shape index (κ1) is 48.2. The van der Waals surface area contributed by atoms with Gasteiger partial charge in [-0.15, -0.1) is 45.3 Å². The Morgan fingerprint density at radius 3 is 1.61 bits per heavy atom. The SMILES string of the molecule is CCCCCCOc1ccc(-c2ccc3c(c2)c2cc(-c4cc(CCC)c(-c5cc(CCC)c(-c6cc(CCC)c(-c7cc(CCC)c(/C=C(/C#N)C(=O)O)s7)s6)s5)s4)ccc2n3CC)cc1. The number of rotatable bonds is 22. The summed E-state index contributed by atoms with van der Waals surface area (Å²) in [4.78, 5) is 21.8. The van der Waals surface area contributed by atoms with Gasteiger partial charge in [0.1, 0.15) is 17.4 Å². The van der Waals surface area contributed by atoms with Gasteiger partial charge in [-0.25, -0.2) is 4.79 Å². The number of hydrogen-bond acceptors (Lipinski definition) is 7. The van der Waals surface area contributed by atoms with Crippen molar-refractivity contribution >= 4 is 79.2 Å². The molecule has 346 valence electrons. The van der Waals surface area contributed by atoms with Gasteiger partial charge >= 0.3 is 5.97 Å². The molecule has 0 amide bonds. The van der Waals surface area contributed by atoms with Gasteiger partial charge in [0.05, 0.1) is 6.61 Å². The second-order valence-electron chi connectivity index (χ2n) is 17.5. The first-order valence-electron chi connectivity index (χ1n) is 24.4. The number of aliphatic carboxylic acids is 1. The maximum Gasteiger partial charge on any atom is 0.346 e. The van der Waals surface area contributed by atoms with Crippen LogP contribution in [0.4, 0.5) is 0 Å². The van der Waals surface area contributed by atoms with E-state index in [0.717, 1.165) is 92.0 Å². The summed E-state index contributed by atoms with van der Waals surface area (Å²) in [6.45, 7) is 15.1. The van der Waals surface area contributed by atoms with E-state index >= 15 is 0 Å². The summed E-state index contributed by atoms with van der Waals surface area (Å²) in [7, 11) is 0. The van der Waals surface area contributed by atoms with E-state index in [9.17, 15) is 15.2 Å². The quantitative estimate of drug-likeness (QED) is 0.0417. The zero-order valence-electron chi connectivity index (χ0n) is 39.9. The van der Waals surface area contributed by atoms with Crippen molar-refractivity contribution in [3.05, 3.63) is 118 Å². The molecule has 0 saturated heterocycles. The van der Waals surface area contributed by atoms with Crippen LogP contribution in [-0.2, 0) is 37.0 Å². The summed E-state index contributed by atoms with van der Waals surface area (Å²) in [5.41, 5.74) is 11.3. The fourth-order valence-corrected chi connectivity index (χ4v) is 14.5. The molecule has 67 heavy (non-hydrogen) atoms. The Morgan fingerprint density at radius 2 is 1.07 bits per heavy atom. The molecule has 9 heteroatoms. The highest BCUT2D eigenvalue weighted by molar-refractivity contribution is 7.29. The Balaban J connectivity index is 1.15. The van der Waals surface area contributed by atoms with Gasteiger partial charge < -0.3 is 14.4 Å². The lowest BCUT2D eigenvalue weighted by Crippen LogP contribution is -1.97. The summed E-state index contributed by atoms with van der Waals surface area (Å²) in [5.74, 6) is -0.251. The number of fused-ring (bicyclic) bond motifs is 3. The third-order valence-electron chi connectivity index (χ3n) is 12.6. The van der Waals surface area contributed by atoms with E-state index < -0.39 is 5.97 Å². The van der Waals surface area contributed by atoms with E-state index in [1.165, 1.54) is 104 Å². The fourth-order valence-electron chi connectivity index (χ4n) is 9.30. The lowest BCUT2D eigenvalue weighted by Gasteiger charge is -2.08. The van der Waals surface area contributed by atoms with E-state index in [0.29, 0.717) is 0 Å². The van der Waals surface area contributed by atoms with Crippen molar-refractivity contribution in [2.45, 2.75) is 125 Å². The molecule has 0 aliphatic rings. The van der Waals surface area contributed by atoms with Crippen molar-refractivity contribution in [1.82, 2.24) is 4.57 Å². The third-order valence-corrected chi connectivity index (χ3v) is 17.8. The monoisotopic (exact) mass is 962 g/mol. The molecule has 5 heterocycles. The van der Waals surface area contributed by atoms with Gasteiger partial charge in [-0.2, -0.15) is 5.26 Å². The highest BCUT2D eigenvalue weighted by Gasteiger charge is 2.23. The van der Waals surface area contributed by atoms with Crippen LogP contribution in [0.3, 0.4) is 0 Å². The topological polar surface area (TPSA) is 75.2 Å². The highest BCUT2D eigenvalue weighted by Crippen LogP contribution is 2.50. The second-order valence-corrected chi connectivity index (χ2v) is 21.8. The van der Waals surface area contributed by atoms with Crippen molar-refractivity contribution in [1.29, 1.82) is 5.26 Å². The van der Waals surface area contributed by atoms with Crippen LogP contribution in [0.1, 0.15) is 120 Å². The van der Waals surface area contributed by atoms with Gasteiger partial charge in [-0.3, -0.25) is 0 Å². The second kappa shape index (κ2) is 22.2. The molecule has 5 nitrogen and oxygen atoms in total. The number of aromatic nitrogens is 1. The first-order chi connectivity index (χ1) is 32.7. The number of carboxylic acids is 1. The number of aryl methyl sites for hydroxylation is 5. The Labute approximate surface area is 413 Å². The Hall–Kier alpha value is -5.24. The first-order valence-corrected chi connectivity index (χ1v) is 27.6. The molecule has 8 aromatic rings. The van der Waals surface area contributed by atoms with E-state index in [4.69, 9.17) is 4.74 Å². The van der Waals surface area contributed by atoms with Gasteiger partial charge in [0.15, 0.2) is 0 Å². The van der Waals surface area contributed by atoms with E-state index in [-0.39, 0.29) is 5.57 Å². The summed E-state index contributed by atoms with van der Waals surface area (Å²) < 4.78 is 8.52. The highest BCUT2D eigenvalue weighted by atomic mass is 32.1. The molecule has 3 aromatic carbocycles. The molecule has 0 aliphatic carbocycles. The predicted octanol–water partition coefficient (Wildman–Crippen LogP) is 18.2. The zero-order valence-corrected chi connectivity index (χ0v) is 43.1. The molecular formula is C58H62N2O3S4. The molecule has 8 rings (SSSR count). The number of nitrogens with zero attached hydrogens (tertiary/aromatic N) is 2. The summed E-state index contributed by atoms with van der Waals surface area (Å²) in [6.07, 6.45) is 14.3. The van der Waals surface area contributed by atoms with Crippen LogP contribution < -0.4 is 4.74 Å². The van der Waals surface area contributed by atoms with Gasteiger partial charge in [0.2, 0.25) is 0 Å². The molecule has 0 unspecified atom stereocenters. The van der Waals surface area contributed by atoms with Gasteiger partial charge in [0.25, 0.3) is 0 Å². The number of thiophene rings is 4. The number of benzene rings is 3. The molecule has 0 radical (unpaired) electrons. The van der Waals surface area contributed by atoms with Crippen LogP contribution in [0.15, 0.2) is 90.5 Å². The van der Waals surface area contributed by atoms with Crippen LogP contribution in [0.25, 0.3) is 78.7 Å². The number of carbonyl (C=O) groups is 1. The van der Waals surface area contributed by atoms with Crippen LogP contribution >= 0.6 is 45.3 Å². The van der Waals surface area contributed by atoms with Gasteiger partial charge in [-0.05, 0) is 145 Å². The third kappa shape index (κ3) is 10.4. The molecule has 0 bridgehead atoms. The Bertz CT molecular complexity index is 3070. The smallest absolute Gasteiger partial charge is 0.346 e. The van der Waals surface area contributed by atoms with Crippen molar-refractivity contribution < 1.29 is 14.6 Å². The molecule has 0 saturated carbocycles. The minimum atomic E-state index is -1.19. The van der Waals surface area contributed by atoms with Crippen molar-refractivity contribution in [3.8, 4) is 62.6 Å². The minimum Gasteiger partial charge on any atom is -0.494 e. The molecular weight excluding hydrogens is 901 g/mol. The number of nitriles is 1. The largest absolute Gasteiger partial charge is 0.494 e. The number of ether oxygens (including phenoxy) is 1. The molecule has 0 aliphatic heterocycles. The minimum absolute atomic E-state index is 0.226. The van der Waals surface area contributed by atoms with Crippen LogP contribution in [0.5, 0.6) is 5.75 Å². The fraction of sp³-hybridized carbons (Fsp3) is 0.345. The molecule has 0 fully saturated rings. The summed E-state index contributed by atoms with van der Waals surface area (Å²) in [6, 6.07) is 34.1. The zero-order chi connectivity index (χ0) is 47.0. The van der Waals surface area contributed by atoms with Crippen LogP contribution in [0, 0.1) is 11.3 Å². The lowest BCUT2D eigenvalue weighted by atomic mass is 10.0. The van der Waals surface area contributed by atoms with E-state index in [1.807, 2.05) is 40.1 Å². The van der Waals surface area contributed by atoms with Gasteiger partial charge in [0, 0.05) is 67.4 Å². The van der Waals surface area contributed by atoms with Crippen molar-refractivity contribution in [2.24, 2.45) is 0 Å². The molecule has 0 spiro atoms. The van der Waals surface area contributed by atoms with E-state index in [1.54, 1.807) is 17.4 Å². The Kier molecular flexibility index (Phi) is 16.0. The molecule has 1 N–H and O–H groups in total. The van der Waals surface area contributed by atoms with Crippen molar-refractivity contribution in [2.75, 3.05) is 6.61 Å². The standard InChI is InChI=1S/C58H62N2O3S4/c1-7-13-14-15-28-63-45-24-20-37(21-25-45)38-22-26-48-46(29-38)47-30-40(23-27-49(47)60(48)12-6)51-32-41(17-9-3)56(65-51)53-34-43(19-11-5)57(67-53)54-33-42(18-10-4)55(66-54)52-31-39(16-8-2)50(64-52)35-44(36-59)58(61)62/h20-27,29-35H,7-19,28H2,1-6H3,(H,61,62)/b44-35-. The number of unbranched alkanes of at least 4 members (excludes halogenated alkanes) is 3. The summed E-state index contributed by atoms with van der Waals surface area (Å²) >= 11 is 7.36. The average molecular weight is 963 g/mol. The maximum atomic E-state index is 11.8. The summed E-state index contributed by atoms with van der Waals surface area (Å²) in [5, 5.41) is 21.8. The lowest BCUT2D eigenvalue weighted by molar-refractivity contribution is -0.132. The van der Waals surface area contributed by atoms with Gasteiger partial charge in [-0.1, -0.05) is 104 Å². The molecule has 5 aromatic heterocycles. The van der Waals surface area contributed by atoms with E-state index in [2.05, 4.69) is 131 Å². The Morgan fingerprint density at radius 1 is 0.582 bits per heavy atom. The number of carboxylic acid groups (broad SMARTS) is 1. The maximum absolute atomic E-state index is 11.8. The number of hydrogen-bond donors (Lipinski definition) is 1. The predicted molar refractivity (Wildman–Crippen MR) is 291 cm³/mol. The van der Waals surface area contributed by atoms with Crippen LogP contribution in [-0.4, -0.2) is 22.2 Å². The van der Waals surface area contributed by atoms with Crippen LogP contribution in [0.2, 0.25) is 0 Å². The van der Waals surface area contributed by atoms with Crippen molar-refractivity contribution in [3.63, 3.8) is 0 Å².